The smallest absolute Gasteiger partial charge is 0.123 e. The summed E-state index contributed by atoms with van der Waals surface area (Å²) in [6.07, 6.45) is 3.70. The number of piperidine rings is 1. The van der Waals surface area contributed by atoms with E-state index in [1.54, 1.807) is 0 Å². The standard InChI is InChI=1S/C15H21NO/c1-12-4-5-14(13(2)10-12)17-15-6-3-8-16(11-15)9-7-15/h4-5,10H,3,6-9,11H2,1-2H3. The van der Waals surface area contributed by atoms with Gasteiger partial charge in [-0.05, 0) is 44.9 Å². The summed E-state index contributed by atoms with van der Waals surface area (Å²) >= 11 is 0. The van der Waals surface area contributed by atoms with Gasteiger partial charge >= 0.3 is 0 Å². The molecule has 3 rings (SSSR count). The summed E-state index contributed by atoms with van der Waals surface area (Å²) in [4.78, 5) is 2.53. The second-order valence-electron chi connectivity index (χ2n) is 5.68. The van der Waals surface area contributed by atoms with Crippen molar-refractivity contribution >= 4 is 0 Å². The second kappa shape index (κ2) is 4.02. The Morgan fingerprint density at radius 2 is 2.06 bits per heavy atom. The zero-order chi connectivity index (χ0) is 11.9. The van der Waals surface area contributed by atoms with Crippen LogP contribution in [0.3, 0.4) is 0 Å². The Morgan fingerprint density at radius 3 is 2.88 bits per heavy atom. The van der Waals surface area contributed by atoms with Crippen LogP contribution >= 0.6 is 0 Å². The minimum absolute atomic E-state index is 0.109. The first-order valence-corrected chi connectivity index (χ1v) is 6.66. The SMILES string of the molecule is Cc1ccc(OC23CCCN(CC2)C3)c(C)c1. The summed E-state index contributed by atoms with van der Waals surface area (Å²) in [5, 5.41) is 0. The highest BCUT2D eigenvalue weighted by Gasteiger charge is 2.42. The van der Waals surface area contributed by atoms with Crippen LogP contribution in [0.15, 0.2) is 18.2 Å². The van der Waals surface area contributed by atoms with Crippen molar-refractivity contribution in [1.29, 1.82) is 0 Å². The first-order valence-electron chi connectivity index (χ1n) is 6.66. The van der Waals surface area contributed by atoms with E-state index in [0.717, 1.165) is 12.3 Å². The number of hydrogen-bond acceptors (Lipinski definition) is 2. The number of benzene rings is 1. The van der Waals surface area contributed by atoms with Gasteiger partial charge in [0.2, 0.25) is 0 Å². The third-order valence-corrected chi connectivity index (χ3v) is 4.16. The lowest BCUT2D eigenvalue weighted by atomic mass is 9.94. The highest BCUT2D eigenvalue weighted by atomic mass is 16.5. The normalized spacial score (nSPS) is 31.5. The molecule has 0 aliphatic carbocycles. The van der Waals surface area contributed by atoms with E-state index >= 15 is 0 Å². The Bertz CT molecular complexity index is 425. The Kier molecular flexibility index (Phi) is 2.62. The van der Waals surface area contributed by atoms with Gasteiger partial charge in [0.15, 0.2) is 0 Å². The summed E-state index contributed by atoms with van der Waals surface area (Å²) in [6, 6.07) is 6.49. The molecule has 2 bridgehead atoms. The zero-order valence-electron chi connectivity index (χ0n) is 10.8. The summed E-state index contributed by atoms with van der Waals surface area (Å²) in [6.45, 7) is 7.88. The van der Waals surface area contributed by atoms with Crippen LogP contribution in [-0.2, 0) is 0 Å². The molecule has 0 radical (unpaired) electrons. The van der Waals surface area contributed by atoms with Gasteiger partial charge in [-0.25, -0.2) is 0 Å². The number of nitrogens with zero attached hydrogens (tertiary/aromatic N) is 1. The molecule has 0 spiro atoms. The summed E-state index contributed by atoms with van der Waals surface area (Å²) in [7, 11) is 0. The monoisotopic (exact) mass is 231 g/mol. The van der Waals surface area contributed by atoms with Gasteiger partial charge in [0.05, 0.1) is 0 Å². The summed E-state index contributed by atoms with van der Waals surface area (Å²) in [5.74, 6) is 1.08. The average Bonchev–Trinajstić information content (AvgIpc) is 2.59. The van der Waals surface area contributed by atoms with Crippen molar-refractivity contribution in [2.45, 2.75) is 38.7 Å². The van der Waals surface area contributed by atoms with Crippen molar-refractivity contribution in [3.63, 3.8) is 0 Å². The Balaban J connectivity index is 1.82. The van der Waals surface area contributed by atoms with Crippen molar-refractivity contribution in [3.05, 3.63) is 29.3 Å². The number of fused-ring (bicyclic) bond motifs is 2. The van der Waals surface area contributed by atoms with Gasteiger partial charge in [-0.2, -0.15) is 0 Å². The van der Waals surface area contributed by atoms with Gasteiger partial charge in [0, 0.05) is 19.5 Å². The third kappa shape index (κ3) is 2.06. The van der Waals surface area contributed by atoms with Crippen LogP contribution in [0.25, 0.3) is 0 Å². The maximum atomic E-state index is 6.38. The lowest BCUT2D eigenvalue weighted by molar-refractivity contribution is 0.0446. The molecule has 2 heterocycles. The molecule has 2 aliphatic heterocycles. The molecular weight excluding hydrogens is 210 g/mol. The third-order valence-electron chi connectivity index (χ3n) is 4.16. The van der Waals surface area contributed by atoms with Gasteiger partial charge in [0.25, 0.3) is 0 Å². The van der Waals surface area contributed by atoms with Gasteiger partial charge in [-0.1, -0.05) is 17.7 Å². The van der Waals surface area contributed by atoms with Crippen molar-refractivity contribution in [3.8, 4) is 5.75 Å². The lowest BCUT2D eigenvalue weighted by Crippen LogP contribution is -2.43. The molecule has 17 heavy (non-hydrogen) atoms. The van der Waals surface area contributed by atoms with Gasteiger partial charge < -0.3 is 4.74 Å². The second-order valence-corrected chi connectivity index (χ2v) is 5.68. The van der Waals surface area contributed by atoms with E-state index in [0.29, 0.717) is 0 Å². The number of hydrogen-bond donors (Lipinski definition) is 0. The Labute approximate surface area is 104 Å². The van der Waals surface area contributed by atoms with Crippen LogP contribution in [0.4, 0.5) is 0 Å². The minimum atomic E-state index is 0.109. The fourth-order valence-corrected chi connectivity index (χ4v) is 3.23. The van der Waals surface area contributed by atoms with E-state index in [1.807, 2.05) is 0 Å². The van der Waals surface area contributed by atoms with Crippen LogP contribution in [0, 0.1) is 13.8 Å². The molecule has 0 N–H and O–H groups in total. The number of rotatable bonds is 2. The highest BCUT2D eigenvalue weighted by molar-refractivity contribution is 5.36. The van der Waals surface area contributed by atoms with Crippen molar-refractivity contribution < 1.29 is 4.74 Å². The van der Waals surface area contributed by atoms with Crippen molar-refractivity contribution in [2.75, 3.05) is 19.6 Å². The first-order chi connectivity index (χ1) is 8.17. The molecule has 1 aromatic rings. The minimum Gasteiger partial charge on any atom is -0.486 e. The van der Waals surface area contributed by atoms with Crippen molar-refractivity contribution in [2.24, 2.45) is 0 Å². The largest absolute Gasteiger partial charge is 0.486 e. The van der Waals surface area contributed by atoms with E-state index in [1.165, 1.54) is 43.5 Å². The maximum Gasteiger partial charge on any atom is 0.123 e. The highest BCUT2D eigenvalue weighted by Crippen LogP contribution is 2.36. The molecule has 2 saturated heterocycles. The molecule has 2 atom stereocenters. The molecular formula is C15H21NO. The van der Waals surface area contributed by atoms with E-state index in [9.17, 15) is 0 Å². The molecule has 2 unspecified atom stereocenters. The molecule has 2 nitrogen and oxygen atoms in total. The first kappa shape index (κ1) is 11.1. The number of aryl methyl sites for hydroxylation is 2. The van der Waals surface area contributed by atoms with Gasteiger partial charge in [-0.15, -0.1) is 0 Å². The maximum absolute atomic E-state index is 6.38. The summed E-state index contributed by atoms with van der Waals surface area (Å²) < 4.78 is 6.38. The van der Waals surface area contributed by atoms with Crippen LogP contribution in [-0.4, -0.2) is 30.1 Å². The Morgan fingerprint density at radius 1 is 1.18 bits per heavy atom. The topological polar surface area (TPSA) is 12.5 Å². The molecule has 0 saturated carbocycles. The predicted octanol–water partition coefficient (Wildman–Crippen LogP) is 2.92. The Hall–Kier alpha value is -1.02. The van der Waals surface area contributed by atoms with E-state index in [4.69, 9.17) is 4.74 Å². The van der Waals surface area contributed by atoms with Crippen molar-refractivity contribution in [1.82, 2.24) is 4.90 Å². The molecule has 0 aromatic heterocycles. The van der Waals surface area contributed by atoms with E-state index in [2.05, 4.69) is 36.9 Å². The fraction of sp³-hybridized carbons (Fsp3) is 0.600. The van der Waals surface area contributed by atoms with Crippen LogP contribution in [0.1, 0.15) is 30.4 Å². The molecule has 2 aliphatic rings. The molecule has 1 aromatic carbocycles. The quantitative estimate of drug-likeness (QED) is 0.776. The number of ether oxygens (including phenoxy) is 1. The summed E-state index contributed by atoms with van der Waals surface area (Å²) in [5.41, 5.74) is 2.69. The molecule has 2 heteroatoms. The fourth-order valence-electron chi connectivity index (χ4n) is 3.23. The van der Waals surface area contributed by atoms with Crippen LogP contribution in [0.5, 0.6) is 5.75 Å². The van der Waals surface area contributed by atoms with E-state index < -0.39 is 0 Å². The van der Waals surface area contributed by atoms with Crippen LogP contribution in [0.2, 0.25) is 0 Å². The predicted molar refractivity (Wildman–Crippen MR) is 69.6 cm³/mol. The van der Waals surface area contributed by atoms with Gasteiger partial charge in [-0.3, -0.25) is 4.90 Å². The van der Waals surface area contributed by atoms with Gasteiger partial charge in [0.1, 0.15) is 11.4 Å². The van der Waals surface area contributed by atoms with E-state index in [-0.39, 0.29) is 5.60 Å². The molecule has 2 fully saturated rings. The molecule has 92 valence electrons. The van der Waals surface area contributed by atoms with Crippen LogP contribution < -0.4 is 4.74 Å². The molecule has 0 amide bonds. The average molecular weight is 231 g/mol. The zero-order valence-corrected chi connectivity index (χ0v) is 10.8. The lowest BCUT2D eigenvalue weighted by Gasteiger charge is -2.35.